The number of piperazine rings is 1. The van der Waals surface area contributed by atoms with Gasteiger partial charge < -0.3 is 5.32 Å². The molecule has 0 unspecified atom stereocenters. The van der Waals surface area contributed by atoms with E-state index in [-0.39, 0.29) is 24.8 Å². The number of nitrogens with one attached hydrogen (secondary N) is 1. The molecule has 1 aliphatic carbocycles. The average molecular weight is 415 g/mol. The fraction of sp³-hybridized carbons (Fsp3) is 0.571. The van der Waals surface area contributed by atoms with E-state index in [0.29, 0.717) is 6.04 Å². The van der Waals surface area contributed by atoms with Gasteiger partial charge in [-0.2, -0.15) is 0 Å². The van der Waals surface area contributed by atoms with Gasteiger partial charge in [0.05, 0.1) is 0 Å². The first-order valence-corrected chi connectivity index (χ1v) is 7.63. The fourth-order valence-electron chi connectivity index (χ4n) is 2.84. The van der Waals surface area contributed by atoms with Crippen LogP contribution in [0.2, 0.25) is 0 Å². The van der Waals surface area contributed by atoms with Crippen molar-refractivity contribution in [3.63, 3.8) is 0 Å². The molecule has 5 heteroatoms. The largest absolute Gasteiger partial charge is 0.314 e. The molecule has 1 saturated heterocycles. The highest BCUT2D eigenvalue weighted by atomic mass is 127. The molecular weight excluding hydrogens is 394 g/mol. The smallest absolute Gasteiger partial charge is 0.0387 e. The number of rotatable bonds is 3. The van der Waals surface area contributed by atoms with E-state index >= 15 is 0 Å². The van der Waals surface area contributed by atoms with Crippen molar-refractivity contribution in [2.24, 2.45) is 5.92 Å². The highest BCUT2D eigenvalue weighted by Gasteiger charge is 2.37. The minimum atomic E-state index is 0. The topological polar surface area (TPSA) is 15.3 Å². The van der Waals surface area contributed by atoms with Crippen molar-refractivity contribution >= 4 is 47.4 Å². The van der Waals surface area contributed by atoms with Gasteiger partial charge in [-0.1, -0.05) is 18.2 Å². The van der Waals surface area contributed by atoms with Crippen LogP contribution in [0, 0.1) is 9.49 Å². The van der Waals surface area contributed by atoms with Crippen LogP contribution >= 0.6 is 47.4 Å². The Morgan fingerprint density at radius 1 is 1.11 bits per heavy atom. The molecule has 1 aromatic carbocycles. The molecule has 2 aliphatic rings. The molecule has 1 atom stereocenters. The fourth-order valence-corrected chi connectivity index (χ4v) is 3.54. The van der Waals surface area contributed by atoms with E-state index in [1.807, 2.05) is 0 Å². The van der Waals surface area contributed by atoms with Crippen molar-refractivity contribution in [3.8, 4) is 0 Å². The minimum Gasteiger partial charge on any atom is -0.314 e. The first-order valence-electron chi connectivity index (χ1n) is 6.55. The lowest BCUT2D eigenvalue weighted by Crippen LogP contribution is -2.45. The third-order valence-corrected chi connectivity index (χ3v) is 4.82. The van der Waals surface area contributed by atoms with Crippen LogP contribution in [-0.2, 0) is 0 Å². The molecule has 0 bridgehead atoms. The number of benzene rings is 1. The Hall–Kier alpha value is 0.450. The van der Waals surface area contributed by atoms with Crippen LogP contribution in [0.1, 0.15) is 24.4 Å². The van der Waals surface area contributed by atoms with Gasteiger partial charge in [0, 0.05) is 35.8 Å². The lowest BCUT2D eigenvalue weighted by molar-refractivity contribution is 0.155. The van der Waals surface area contributed by atoms with E-state index in [4.69, 9.17) is 0 Å². The standard InChI is InChI=1S/C14H19IN2.2ClH/c15-13-4-2-1-3-12(13)14(11-5-6-11)17-9-7-16-8-10-17;;/h1-4,11,14,16H,5-10H2;2*1H/t14-;;/m1../s1. The molecule has 1 aliphatic heterocycles. The van der Waals surface area contributed by atoms with E-state index in [9.17, 15) is 0 Å². The number of hydrogen-bond donors (Lipinski definition) is 1. The molecule has 1 saturated carbocycles. The molecule has 1 N–H and O–H groups in total. The van der Waals surface area contributed by atoms with Gasteiger partial charge in [0.1, 0.15) is 0 Å². The Labute approximate surface area is 141 Å². The monoisotopic (exact) mass is 414 g/mol. The van der Waals surface area contributed by atoms with Crippen LogP contribution in [0.3, 0.4) is 0 Å². The highest BCUT2D eigenvalue weighted by Crippen LogP contribution is 2.45. The molecule has 0 amide bonds. The van der Waals surface area contributed by atoms with Crippen molar-refractivity contribution in [2.75, 3.05) is 26.2 Å². The number of nitrogens with zero attached hydrogens (tertiary/aromatic N) is 1. The highest BCUT2D eigenvalue weighted by molar-refractivity contribution is 14.1. The van der Waals surface area contributed by atoms with Gasteiger partial charge in [-0.15, -0.1) is 24.8 Å². The zero-order valence-electron chi connectivity index (χ0n) is 10.8. The molecule has 0 radical (unpaired) electrons. The SMILES string of the molecule is Cl.Cl.Ic1ccccc1[C@@H](C1CC1)N1CCNCC1. The summed E-state index contributed by atoms with van der Waals surface area (Å²) in [6.07, 6.45) is 2.83. The van der Waals surface area contributed by atoms with Gasteiger partial charge in [0.25, 0.3) is 0 Å². The molecule has 0 aromatic heterocycles. The van der Waals surface area contributed by atoms with Gasteiger partial charge >= 0.3 is 0 Å². The van der Waals surface area contributed by atoms with E-state index in [2.05, 4.69) is 57.1 Å². The van der Waals surface area contributed by atoms with Crippen LogP contribution < -0.4 is 5.32 Å². The summed E-state index contributed by atoms with van der Waals surface area (Å²) >= 11 is 2.49. The summed E-state index contributed by atoms with van der Waals surface area (Å²) in [5.74, 6) is 0.906. The molecule has 19 heavy (non-hydrogen) atoms. The molecular formula is C14H21Cl2IN2. The van der Waals surface area contributed by atoms with E-state index < -0.39 is 0 Å². The maximum absolute atomic E-state index is 3.45. The second-order valence-electron chi connectivity index (χ2n) is 5.09. The third kappa shape index (κ3) is 4.21. The van der Waals surface area contributed by atoms with Gasteiger partial charge in [0.15, 0.2) is 0 Å². The maximum Gasteiger partial charge on any atom is 0.0387 e. The van der Waals surface area contributed by atoms with Gasteiger partial charge in [-0.25, -0.2) is 0 Å². The first-order chi connectivity index (χ1) is 8.36. The Kier molecular flexibility index (Phi) is 7.40. The second kappa shape index (κ2) is 8.03. The van der Waals surface area contributed by atoms with Gasteiger partial charge in [-0.3, -0.25) is 4.90 Å². The summed E-state index contributed by atoms with van der Waals surface area (Å²) in [4.78, 5) is 2.69. The Balaban J connectivity index is 0.000000902. The van der Waals surface area contributed by atoms with Crippen molar-refractivity contribution in [3.05, 3.63) is 33.4 Å². The normalized spacial score (nSPS) is 21.1. The Morgan fingerprint density at radius 3 is 2.32 bits per heavy atom. The average Bonchev–Trinajstić information content (AvgIpc) is 3.18. The van der Waals surface area contributed by atoms with Crippen LogP contribution in [0.5, 0.6) is 0 Å². The number of halogens is 3. The molecule has 3 rings (SSSR count). The summed E-state index contributed by atoms with van der Waals surface area (Å²) in [7, 11) is 0. The van der Waals surface area contributed by atoms with E-state index in [1.54, 1.807) is 5.56 Å². The van der Waals surface area contributed by atoms with Crippen LogP contribution in [0.15, 0.2) is 24.3 Å². The van der Waals surface area contributed by atoms with Gasteiger partial charge in [0.2, 0.25) is 0 Å². The van der Waals surface area contributed by atoms with Crippen molar-refractivity contribution in [1.29, 1.82) is 0 Å². The van der Waals surface area contributed by atoms with Crippen LogP contribution in [0.4, 0.5) is 0 Å². The molecule has 2 nitrogen and oxygen atoms in total. The van der Waals surface area contributed by atoms with E-state index in [0.717, 1.165) is 19.0 Å². The second-order valence-corrected chi connectivity index (χ2v) is 6.25. The minimum absolute atomic E-state index is 0. The summed E-state index contributed by atoms with van der Waals surface area (Å²) in [6, 6.07) is 9.58. The lowest BCUT2D eigenvalue weighted by Gasteiger charge is -2.36. The van der Waals surface area contributed by atoms with E-state index in [1.165, 1.54) is 29.5 Å². The molecule has 1 aromatic rings. The third-order valence-electron chi connectivity index (χ3n) is 3.84. The lowest BCUT2D eigenvalue weighted by atomic mass is 10.00. The van der Waals surface area contributed by atoms with Crippen molar-refractivity contribution in [2.45, 2.75) is 18.9 Å². The Bertz CT molecular complexity index is 393. The zero-order valence-corrected chi connectivity index (χ0v) is 14.6. The molecule has 108 valence electrons. The zero-order chi connectivity index (χ0) is 11.7. The van der Waals surface area contributed by atoms with Crippen LogP contribution in [-0.4, -0.2) is 31.1 Å². The summed E-state index contributed by atoms with van der Waals surface area (Å²) in [6.45, 7) is 4.69. The summed E-state index contributed by atoms with van der Waals surface area (Å²) < 4.78 is 1.43. The predicted molar refractivity (Wildman–Crippen MR) is 93.6 cm³/mol. The molecule has 1 heterocycles. The summed E-state index contributed by atoms with van der Waals surface area (Å²) in [5, 5.41) is 3.45. The predicted octanol–water partition coefficient (Wildman–Crippen LogP) is 3.49. The molecule has 2 fully saturated rings. The Morgan fingerprint density at radius 2 is 1.74 bits per heavy atom. The van der Waals surface area contributed by atoms with Crippen molar-refractivity contribution in [1.82, 2.24) is 10.2 Å². The van der Waals surface area contributed by atoms with Crippen LogP contribution in [0.25, 0.3) is 0 Å². The molecule has 0 spiro atoms. The summed E-state index contributed by atoms with van der Waals surface area (Å²) in [5.41, 5.74) is 1.55. The first kappa shape index (κ1) is 17.5. The van der Waals surface area contributed by atoms with Crippen molar-refractivity contribution < 1.29 is 0 Å². The number of hydrogen-bond acceptors (Lipinski definition) is 2. The van der Waals surface area contributed by atoms with Gasteiger partial charge in [-0.05, 0) is 53.0 Å². The quantitative estimate of drug-likeness (QED) is 0.761. The maximum atomic E-state index is 3.45.